The highest BCUT2D eigenvalue weighted by atomic mass is 16.1. The molecule has 0 aliphatic heterocycles. The van der Waals surface area contributed by atoms with Crippen molar-refractivity contribution in [1.29, 1.82) is 0 Å². The summed E-state index contributed by atoms with van der Waals surface area (Å²) in [5, 5.41) is 0. The van der Waals surface area contributed by atoms with Gasteiger partial charge in [0.05, 0.1) is 0 Å². The third-order valence-corrected chi connectivity index (χ3v) is 4.71. The first-order chi connectivity index (χ1) is 7.29. The first-order valence-corrected chi connectivity index (χ1v) is 6.15. The monoisotopic (exact) mass is 202 g/mol. The number of rotatable bonds is 1. The lowest BCUT2D eigenvalue weighted by Crippen LogP contribution is -2.26. The Labute approximate surface area is 91.2 Å². The van der Waals surface area contributed by atoms with Crippen LogP contribution < -0.4 is 0 Å². The average Bonchev–Trinajstić information content (AvgIpc) is 2.73. The number of carbonyl (C=O) groups is 1. The van der Waals surface area contributed by atoms with Crippen molar-refractivity contribution < 1.29 is 4.79 Å². The predicted octanol–water partition coefficient (Wildman–Crippen LogP) is 3.12. The number of allylic oxidation sites excluding steroid dienone is 3. The van der Waals surface area contributed by atoms with Crippen molar-refractivity contribution in [1.82, 2.24) is 0 Å². The summed E-state index contributed by atoms with van der Waals surface area (Å²) in [7, 11) is 0. The molecule has 1 heteroatoms. The van der Waals surface area contributed by atoms with Crippen molar-refractivity contribution in [2.24, 2.45) is 23.7 Å². The van der Waals surface area contributed by atoms with Crippen molar-refractivity contribution >= 4 is 5.78 Å². The molecule has 0 bridgehead atoms. The van der Waals surface area contributed by atoms with Gasteiger partial charge in [0.2, 0.25) is 0 Å². The van der Waals surface area contributed by atoms with Crippen molar-refractivity contribution in [2.75, 3.05) is 0 Å². The van der Waals surface area contributed by atoms with E-state index in [1.54, 1.807) is 0 Å². The summed E-state index contributed by atoms with van der Waals surface area (Å²) in [6.07, 6.45) is 10.1. The Hall–Kier alpha value is -0.850. The Morgan fingerprint density at radius 3 is 2.93 bits per heavy atom. The van der Waals surface area contributed by atoms with Crippen LogP contribution in [0.25, 0.3) is 0 Å². The Balaban J connectivity index is 1.89. The van der Waals surface area contributed by atoms with Gasteiger partial charge in [-0.1, -0.05) is 18.1 Å². The van der Waals surface area contributed by atoms with Crippen molar-refractivity contribution in [3.8, 4) is 0 Å². The van der Waals surface area contributed by atoms with Crippen LogP contribution in [-0.4, -0.2) is 5.78 Å². The highest BCUT2D eigenvalue weighted by Crippen LogP contribution is 2.54. The van der Waals surface area contributed by atoms with Crippen LogP contribution in [0.1, 0.15) is 32.1 Å². The maximum atomic E-state index is 11.4. The maximum Gasteiger partial charge on any atom is 0.156 e. The number of carbonyl (C=O) groups excluding carboxylic acids is 1. The molecule has 0 radical (unpaired) electrons. The molecule has 2 fully saturated rings. The second-order valence-corrected chi connectivity index (χ2v) is 5.36. The first-order valence-electron chi connectivity index (χ1n) is 6.15. The van der Waals surface area contributed by atoms with E-state index in [4.69, 9.17) is 0 Å². The van der Waals surface area contributed by atoms with E-state index in [0.717, 1.165) is 18.3 Å². The summed E-state index contributed by atoms with van der Waals surface area (Å²) in [5.74, 6) is 3.30. The van der Waals surface area contributed by atoms with E-state index in [9.17, 15) is 4.79 Å². The number of hydrogen-bond acceptors (Lipinski definition) is 1. The van der Waals surface area contributed by atoms with E-state index < -0.39 is 0 Å². The molecule has 3 rings (SSSR count). The molecule has 1 nitrogen and oxygen atoms in total. The quantitative estimate of drug-likeness (QED) is 0.597. The zero-order valence-electron chi connectivity index (χ0n) is 9.11. The lowest BCUT2D eigenvalue weighted by Gasteiger charge is -2.33. The molecule has 0 aromatic rings. The molecular weight excluding hydrogens is 184 g/mol. The second-order valence-electron chi connectivity index (χ2n) is 5.36. The van der Waals surface area contributed by atoms with Crippen LogP contribution in [0.15, 0.2) is 24.3 Å². The molecule has 4 atom stereocenters. The van der Waals surface area contributed by atoms with Gasteiger partial charge in [0, 0.05) is 6.42 Å². The molecule has 0 spiro atoms. The van der Waals surface area contributed by atoms with Gasteiger partial charge < -0.3 is 0 Å². The standard InChI is InChI=1S/C14H18O/c1-2-9-4-3-5-12-13(9)7-10-6-11(15)8-14(10)12/h2,6,9,12-14H,1,3-5,7-8H2/t9-,12+,13+,14+/m0/s1. The zero-order chi connectivity index (χ0) is 10.4. The average molecular weight is 202 g/mol. The topological polar surface area (TPSA) is 17.1 Å². The van der Waals surface area contributed by atoms with Crippen molar-refractivity contribution in [3.63, 3.8) is 0 Å². The second kappa shape index (κ2) is 3.33. The van der Waals surface area contributed by atoms with E-state index in [-0.39, 0.29) is 0 Å². The molecular formula is C14H18O. The smallest absolute Gasteiger partial charge is 0.156 e. The van der Waals surface area contributed by atoms with Gasteiger partial charge in [0.25, 0.3) is 0 Å². The van der Waals surface area contributed by atoms with Gasteiger partial charge in [-0.25, -0.2) is 0 Å². The number of ketones is 1. The maximum absolute atomic E-state index is 11.4. The third kappa shape index (κ3) is 1.32. The van der Waals surface area contributed by atoms with Crippen LogP contribution in [0, 0.1) is 23.7 Å². The molecule has 0 saturated heterocycles. The molecule has 0 heterocycles. The molecule has 0 unspecified atom stereocenters. The fourth-order valence-corrected chi connectivity index (χ4v) is 4.06. The molecule has 80 valence electrons. The molecule has 0 N–H and O–H groups in total. The summed E-state index contributed by atoms with van der Waals surface area (Å²) >= 11 is 0. The number of hydrogen-bond donors (Lipinski definition) is 0. The predicted molar refractivity (Wildman–Crippen MR) is 60.3 cm³/mol. The van der Waals surface area contributed by atoms with Gasteiger partial charge in [0.15, 0.2) is 5.78 Å². The minimum atomic E-state index is 0.370. The van der Waals surface area contributed by atoms with Crippen LogP contribution in [-0.2, 0) is 4.79 Å². The summed E-state index contributed by atoms with van der Waals surface area (Å²) in [6, 6.07) is 0. The highest BCUT2D eigenvalue weighted by Gasteiger charge is 2.46. The lowest BCUT2D eigenvalue weighted by molar-refractivity contribution is -0.114. The molecule has 3 aliphatic carbocycles. The van der Waals surface area contributed by atoms with E-state index in [1.165, 1.54) is 31.3 Å². The zero-order valence-corrected chi connectivity index (χ0v) is 9.11. The van der Waals surface area contributed by atoms with Gasteiger partial charge in [-0.15, -0.1) is 6.58 Å². The van der Waals surface area contributed by atoms with Crippen LogP contribution >= 0.6 is 0 Å². The molecule has 0 aromatic carbocycles. The summed E-state index contributed by atoms with van der Waals surface area (Å²) in [5.41, 5.74) is 1.46. The largest absolute Gasteiger partial charge is 0.295 e. The van der Waals surface area contributed by atoms with Gasteiger partial charge in [0.1, 0.15) is 0 Å². The van der Waals surface area contributed by atoms with Gasteiger partial charge >= 0.3 is 0 Å². The molecule has 3 aliphatic rings. The molecule has 0 amide bonds. The normalized spacial score (nSPS) is 43.5. The fraction of sp³-hybridized carbons (Fsp3) is 0.643. The van der Waals surface area contributed by atoms with E-state index in [1.807, 2.05) is 6.08 Å². The summed E-state index contributed by atoms with van der Waals surface area (Å²) < 4.78 is 0. The third-order valence-electron chi connectivity index (χ3n) is 4.71. The SMILES string of the molecule is C=C[C@H]1CCC[C@@H]2[C@@H]1CC1=CC(=O)C[C@H]12. The number of fused-ring (bicyclic) bond motifs is 3. The van der Waals surface area contributed by atoms with Crippen LogP contribution in [0.4, 0.5) is 0 Å². The van der Waals surface area contributed by atoms with E-state index in [2.05, 4.69) is 12.7 Å². The van der Waals surface area contributed by atoms with Gasteiger partial charge in [-0.3, -0.25) is 4.79 Å². The van der Waals surface area contributed by atoms with Crippen LogP contribution in [0.3, 0.4) is 0 Å². The Kier molecular flexibility index (Phi) is 2.08. The minimum Gasteiger partial charge on any atom is -0.295 e. The minimum absolute atomic E-state index is 0.370. The van der Waals surface area contributed by atoms with Crippen LogP contribution in [0.2, 0.25) is 0 Å². The molecule has 2 saturated carbocycles. The fourth-order valence-electron chi connectivity index (χ4n) is 4.06. The molecule has 15 heavy (non-hydrogen) atoms. The Morgan fingerprint density at radius 2 is 2.13 bits per heavy atom. The van der Waals surface area contributed by atoms with E-state index in [0.29, 0.717) is 17.6 Å². The Morgan fingerprint density at radius 1 is 1.27 bits per heavy atom. The lowest BCUT2D eigenvalue weighted by atomic mass is 9.71. The summed E-state index contributed by atoms with van der Waals surface area (Å²) in [4.78, 5) is 11.4. The molecule has 0 aromatic heterocycles. The van der Waals surface area contributed by atoms with Gasteiger partial charge in [-0.2, -0.15) is 0 Å². The van der Waals surface area contributed by atoms with Crippen molar-refractivity contribution in [2.45, 2.75) is 32.1 Å². The highest BCUT2D eigenvalue weighted by molar-refractivity contribution is 5.93. The van der Waals surface area contributed by atoms with Crippen LogP contribution in [0.5, 0.6) is 0 Å². The first kappa shape index (κ1) is 9.38. The Bertz CT molecular complexity index is 339. The van der Waals surface area contributed by atoms with E-state index >= 15 is 0 Å². The summed E-state index contributed by atoms with van der Waals surface area (Å²) in [6.45, 7) is 3.97. The van der Waals surface area contributed by atoms with Gasteiger partial charge in [-0.05, 0) is 49.0 Å². The van der Waals surface area contributed by atoms with Crippen molar-refractivity contribution in [3.05, 3.63) is 24.3 Å².